The van der Waals surface area contributed by atoms with Crippen molar-refractivity contribution in [3.05, 3.63) is 53.1 Å². The number of para-hydroxylation sites is 1. The molecule has 0 radical (unpaired) electrons. The smallest absolute Gasteiger partial charge is 0.136 e. The van der Waals surface area contributed by atoms with Crippen molar-refractivity contribution >= 4 is 23.0 Å². The van der Waals surface area contributed by atoms with Gasteiger partial charge in [-0.3, -0.25) is 0 Å². The highest BCUT2D eigenvalue weighted by molar-refractivity contribution is 6.32. The van der Waals surface area contributed by atoms with Gasteiger partial charge in [0, 0.05) is 24.0 Å². The summed E-state index contributed by atoms with van der Waals surface area (Å²) in [6, 6.07) is 14.0. The van der Waals surface area contributed by atoms with Crippen LogP contribution in [0.1, 0.15) is 18.9 Å². The minimum Gasteiger partial charge on any atom is -0.506 e. The number of hydrogen-bond acceptors (Lipinski definition) is 2. The Morgan fingerprint density at radius 1 is 1.20 bits per heavy atom. The summed E-state index contributed by atoms with van der Waals surface area (Å²) in [6.07, 6.45) is 2.14. The molecule has 0 aliphatic carbocycles. The second-order valence-corrected chi connectivity index (χ2v) is 5.93. The van der Waals surface area contributed by atoms with Gasteiger partial charge in [-0.05, 0) is 42.5 Å². The molecule has 0 saturated heterocycles. The predicted molar refractivity (Wildman–Crippen MR) is 84.0 cm³/mol. The van der Waals surface area contributed by atoms with E-state index in [-0.39, 0.29) is 5.75 Å². The Morgan fingerprint density at radius 3 is 2.70 bits per heavy atom. The number of phenolic OH excluding ortho intramolecular Hbond substituents is 1. The van der Waals surface area contributed by atoms with E-state index >= 15 is 0 Å². The lowest BCUT2D eigenvalue weighted by molar-refractivity contribution is 0.475. The number of halogens is 1. The van der Waals surface area contributed by atoms with Crippen LogP contribution in [0, 0.1) is 5.92 Å². The third-order valence-corrected chi connectivity index (χ3v) is 4.21. The van der Waals surface area contributed by atoms with E-state index in [2.05, 4.69) is 24.0 Å². The summed E-state index contributed by atoms with van der Waals surface area (Å²) in [5.74, 6) is 0.754. The van der Waals surface area contributed by atoms with E-state index in [1.807, 2.05) is 24.3 Å². The predicted octanol–water partition coefficient (Wildman–Crippen LogP) is 4.77. The summed E-state index contributed by atoms with van der Waals surface area (Å²) < 4.78 is 0. The number of fused-ring (bicyclic) bond motifs is 1. The summed E-state index contributed by atoms with van der Waals surface area (Å²) >= 11 is 6.06. The van der Waals surface area contributed by atoms with Gasteiger partial charge in [-0.15, -0.1) is 0 Å². The SMILES string of the molecule is CC1CCc2cc(Cl)c(O)cc2N(c2ccccc2)C1. The molecule has 2 nitrogen and oxygen atoms in total. The molecule has 1 atom stereocenters. The number of phenols is 1. The number of aryl methyl sites for hydroxylation is 1. The fourth-order valence-electron chi connectivity index (χ4n) is 2.80. The summed E-state index contributed by atoms with van der Waals surface area (Å²) in [6.45, 7) is 3.22. The maximum atomic E-state index is 9.94. The molecular formula is C17H18ClNO. The van der Waals surface area contributed by atoms with Crippen LogP contribution in [0.4, 0.5) is 11.4 Å². The van der Waals surface area contributed by atoms with E-state index in [0.29, 0.717) is 10.9 Å². The topological polar surface area (TPSA) is 23.5 Å². The van der Waals surface area contributed by atoms with Gasteiger partial charge >= 0.3 is 0 Å². The maximum Gasteiger partial charge on any atom is 0.136 e. The first-order chi connectivity index (χ1) is 9.65. The second-order valence-electron chi connectivity index (χ2n) is 5.52. The van der Waals surface area contributed by atoms with Gasteiger partial charge in [0.15, 0.2) is 0 Å². The Hall–Kier alpha value is -1.67. The van der Waals surface area contributed by atoms with Gasteiger partial charge < -0.3 is 10.0 Å². The Bertz CT molecular complexity index is 612. The molecule has 0 bridgehead atoms. The van der Waals surface area contributed by atoms with Gasteiger partial charge in [-0.25, -0.2) is 0 Å². The molecule has 1 aliphatic rings. The molecule has 2 aromatic carbocycles. The number of aromatic hydroxyl groups is 1. The van der Waals surface area contributed by atoms with E-state index in [0.717, 1.165) is 30.8 Å². The van der Waals surface area contributed by atoms with Crippen molar-refractivity contribution in [1.29, 1.82) is 0 Å². The molecule has 1 N–H and O–H groups in total. The molecule has 1 unspecified atom stereocenters. The molecule has 0 amide bonds. The number of hydrogen-bond donors (Lipinski definition) is 1. The van der Waals surface area contributed by atoms with E-state index < -0.39 is 0 Å². The number of nitrogens with zero attached hydrogens (tertiary/aromatic N) is 1. The van der Waals surface area contributed by atoms with Crippen molar-refractivity contribution in [2.75, 3.05) is 11.4 Å². The molecule has 3 rings (SSSR count). The minimum absolute atomic E-state index is 0.154. The monoisotopic (exact) mass is 287 g/mol. The molecule has 0 saturated carbocycles. The molecule has 1 heterocycles. The maximum absolute atomic E-state index is 9.94. The number of rotatable bonds is 1. The van der Waals surface area contributed by atoms with Gasteiger partial charge in [-0.1, -0.05) is 36.7 Å². The van der Waals surface area contributed by atoms with Crippen LogP contribution >= 0.6 is 11.6 Å². The van der Waals surface area contributed by atoms with Gasteiger partial charge in [0.2, 0.25) is 0 Å². The highest BCUT2D eigenvalue weighted by Gasteiger charge is 2.22. The number of benzene rings is 2. The van der Waals surface area contributed by atoms with Crippen LogP contribution in [0.2, 0.25) is 5.02 Å². The highest BCUT2D eigenvalue weighted by atomic mass is 35.5. The molecule has 1 aliphatic heterocycles. The van der Waals surface area contributed by atoms with Crippen LogP contribution < -0.4 is 4.90 Å². The third-order valence-electron chi connectivity index (χ3n) is 3.91. The van der Waals surface area contributed by atoms with E-state index in [4.69, 9.17) is 11.6 Å². The molecule has 104 valence electrons. The fourth-order valence-corrected chi connectivity index (χ4v) is 2.99. The van der Waals surface area contributed by atoms with Crippen LogP contribution in [0.3, 0.4) is 0 Å². The van der Waals surface area contributed by atoms with Crippen LogP contribution in [-0.4, -0.2) is 11.7 Å². The molecule has 3 heteroatoms. The third kappa shape index (κ3) is 2.48. The highest BCUT2D eigenvalue weighted by Crippen LogP contribution is 2.39. The lowest BCUT2D eigenvalue weighted by Crippen LogP contribution is -2.22. The van der Waals surface area contributed by atoms with Crippen LogP contribution in [0.5, 0.6) is 5.75 Å². The van der Waals surface area contributed by atoms with E-state index in [1.165, 1.54) is 5.56 Å². The van der Waals surface area contributed by atoms with Crippen molar-refractivity contribution in [1.82, 2.24) is 0 Å². The molecule has 2 aromatic rings. The standard InChI is InChI=1S/C17H18ClNO/c1-12-7-8-13-9-15(18)17(20)10-16(13)19(11-12)14-5-3-2-4-6-14/h2-6,9-10,12,20H,7-8,11H2,1H3. The Balaban J connectivity index is 2.12. The Kier molecular flexibility index (Phi) is 3.58. The van der Waals surface area contributed by atoms with Crippen molar-refractivity contribution in [3.8, 4) is 5.75 Å². The average molecular weight is 288 g/mol. The molecule has 0 aromatic heterocycles. The zero-order valence-corrected chi connectivity index (χ0v) is 12.3. The van der Waals surface area contributed by atoms with Crippen LogP contribution in [0.15, 0.2) is 42.5 Å². The second kappa shape index (κ2) is 5.37. The van der Waals surface area contributed by atoms with E-state index in [1.54, 1.807) is 6.07 Å². The van der Waals surface area contributed by atoms with Crippen molar-refractivity contribution < 1.29 is 5.11 Å². The quantitative estimate of drug-likeness (QED) is 0.817. The minimum atomic E-state index is 0.154. The Morgan fingerprint density at radius 2 is 1.95 bits per heavy atom. The normalized spacial score (nSPS) is 18.5. The summed E-state index contributed by atoms with van der Waals surface area (Å²) in [4.78, 5) is 2.28. The largest absolute Gasteiger partial charge is 0.506 e. The molecule has 0 spiro atoms. The lowest BCUT2D eigenvalue weighted by atomic mass is 10.0. The summed E-state index contributed by atoms with van der Waals surface area (Å²) in [5, 5.41) is 10.4. The van der Waals surface area contributed by atoms with Crippen LogP contribution in [-0.2, 0) is 6.42 Å². The van der Waals surface area contributed by atoms with Gasteiger partial charge in [-0.2, -0.15) is 0 Å². The fraction of sp³-hybridized carbons (Fsp3) is 0.294. The van der Waals surface area contributed by atoms with Crippen molar-refractivity contribution in [2.45, 2.75) is 19.8 Å². The molecule has 0 fully saturated rings. The first-order valence-corrected chi connectivity index (χ1v) is 7.37. The molecule has 20 heavy (non-hydrogen) atoms. The zero-order chi connectivity index (χ0) is 14.1. The summed E-state index contributed by atoms with van der Waals surface area (Å²) in [5.41, 5.74) is 3.44. The van der Waals surface area contributed by atoms with Gasteiger partial charge in [0.05, 0.1) is 5.02 Å². The van der Waals surface area contributed by atoms with E-state index in [9.17, 15) is 5.11 Å². The van der Waals surface area contributed by atoms with Gasteiger partial charge in [0.25, 0.3) is 0 Å². The lowest BCUT2D eigenvalue weighted by Gasteiger charge is -2.27. The summed E-state index contributed by atoms with van der Waals surface area (Å²) in [7, 11) is 0. The first kappa shape index (κ1) is 13.3. The zero-order valence-electron chi connectivity index (χ0n) is 11.5. The first-order valence-electron chi connectivity index (χ1n) is 6.99. The van der Waals surface area contributed by atoms with Crippen LogP contribution in [0.25, 0.3) is 0 Å². The Labute approximate surface area is 124 Å². The molecular weight excluding hydrogens is 270 g/mol. The van der Waals surface area contributed by atoms with Gasteiger partial charge in [0.1, 0.15) is 5.75 Å². The number of anilines is 2. The average Bonchev–Trinajstić information content (AvgIpc) is 2.61. The van der Waals surface area contributed by atoms with Crippen molar-refractivity contribution in [2.24, 2.45) is 5.92 Å². The van der Waals surface area contributed by atoms with Crippen molar-refractivity contribution in [3.63, 3.8) is 0 Å².